The van der Waals surface area contributed by atoms with Gasteiger partial charge >= 0.3 is 5.97 Å². The molecule has 0 spiro atoms. The summed E-state index contributed by atoms with van der Waals surface area (Å²) in [6, 6.07) is 0. The van der Waals surface area contributed by atoms with Gasteiger partial charge in [-0.15, -0.1) is 0 Å². The lowest BCUT2D eigenvalue weighted by Crippen LogP contribution is -2.47. The first-order valence-electron chi connectivity index (χ1n) is 3.62. The monoisotopic (exact) mass is 221 g/mol. The van der Waals surface area contributed by atoms with Gasteiger partial charge in [0, 0.05) is 5.03 Å². The van der Waals surface area contributed by atoms with Gasteiger partial charge in [0.2, 0.25) is 0 Å². The summed E-state index contributed by atoms with van der Waals surface area (Å²) in [5, 5.41) is 8.99. The van der Waals surface area contributed by atoms with E-state index in [1.165, 1.54) is 6.08 Å². The molecule has 1 rings (SSSR count). The predicted octanol–water partition coefficient (Wildman–Crippen LogP) is 1.66. The Morgan fingerprint density at radius 3 is 2.62 bits per heavy atom. The highest BCUT2D eigenvalue weighted by molar-refractivity contribution is 6.35. The zero-order valence-electron chi connectivity index (χ0n) is 6.92. The van der Waals surface area contributed by atoms with Gasteiger partial charge < -0.3 is 10.8 Å². The van der Waals surface area contributed by atoms with Crippen LogP contribution in [-0.2, 0) is 4.79 Å². The summed E-state index contributed by atoms with van der Waals surface area (Å²) in [6.45, 7) is 1.67. The molecule has 0 aliphatic heterocycles. The first kappa shape index (κ1) is 10.6. The summed E-state index contributed by atoms with van der Waals surface area (Å²) < 4.78 is 0. The average Bonchev–Trinajstić information content (AvgIpc) is 1.96. The van der Waals surface area contributed by atoms with Gasteiger partial charge in [-0.25, -0.2) is 0 Å². The van der Waals surface area contributed by atoms with E-state index in [1.807, 2.05) is 0 Å². The van der Waals surface area contributed by atoms with Crippen LogP contribution in [-0.4, -0.2) is 16.1 Å². The zero-order chi connectivity index (χ0) is 10.2. The molecule has 1 aliphatic rings. The first-order chi connectivity index (χ1) is 5.87. The van der Waals surface area contributed by atoms with Crippen molar-refractivity contribution in [3.8, 4) is 0 Å². The van der Waals surface area contributed by atoms with Crippen molar-refractivity contribution in [2.75, 3.05) is 0 Å². The molecule has 0 aromatic carbocycles. The van der Waals surface area contributed by atoms with E-state index in [-0.39, 0.29) is 5.03 Å². The minimum absolute atomic E-state index is 0.149. The molecule has 2 unspecified atom stereocenters. The molecule has 0 heterocycles. The highest BCUT2D eigenvalue weighted by Crippen LogP contribution is 2.38. The molecule has 0 saturated carbocycles. The maximum atomic E-state index is 10.8. The summed E-state index contributed by atoms with van der Waals surface area (Å²) in [6.07, 6.45) is 3.12. The summed E-state index contributed by atoms with van der Waals surface area (Å²) in [5.74, 6) is -2.19. The smallest absolute Gasteiger partial charge is 0.315 e. The maximum absolute atomic E-state index is 10.8. The molecule has 3 N–H and O–H groups in total. The van der Waals surface area contributed by atoms with Gasteiger partial charge in [0.15, 0.2) is 0 Å². The van der Waals surface area contributed by atoms with E-state index in [0.29, 0.717) is 5.57 Å². The number of carboxylic acid groups (broad SMARTS) is 1. The van der Waals surface area contributed by atoms with Crippen molar-refractivity contribution in [1.29, 1.82) is 0 Å². The van der Waals surface area contributed by atoms with Gasteiger partial charge in [-0.1, -0.05) is 29.3 Å². The molecule has 5 heteroatoms. The van der Waals surface area contributed by atoms with E-state index in [1.54, 1.807) is 13.0 Å². The van der Waals surface area contributed by atoms with Crippen molar-refractivity contribution in [1.82, 2.24) is 0 Å². The van der Waals surface area contributed by atoms with Crippen molar-refractivity contribution in [3.05, 3.63) is 22.8 Å². The third-order valence-corrected chi connectivity index (χ3v) is 2.90. The predicted molar refractivity (Wildman–Crippen MR) is 51.6 cm³/mol. The van der Waals surface area contributed by atoms with Crippen LogP contribution in [0.15, 0.2) is 22.8 Å². The standard InChI is InChI=1S/C8H9Cl2NO2/c1-4-2-3-5(9)6(7(12)13)8(4,10)11/h2-3,6H,11H2,1H3,(H,12,13). The fourth-order valence-electron chi connectivity index (χ4n) is 1.15. The molecule has 72 valence electrons. The van der Waals surface area contributed by atoms with Crippen LogP contribution in [0.2, 0.25) is 0 Å². The second-order valence-electron chi connectivity index (χ2n) is 2.94. The molecular formula is C8H9Cl2NO2. The van der Waals surface area contributed by atoms with Crippen molar-refractivity contribution in [2.45, 2.75) is 11.9 Å². The number of rotatable bonds is 1. The summed E-state index contributed by atoms with van der Waals surface area (Å²) >= 11 is 11.6. The summed E-state index contributed by atoms with van der Waals surface area (Å²) in [4.78, 5) is 9.39. The fraction of sp³-hybridized carbons (Fsp3) is 0.375. The van der Waals surface area contributed by atoms with Crippen molar-refractivity contribution in [2.24, 2.45) is 11.7 Å². The van der Waals surface area contributed by atoms with Crippen LogP contribution in [0.1, 0.15) is 6.92 Å². The molecule has 0 fully saturated rings. The Hall–Kier alpha value is -0.510. The maximum Gasteiger partial charge on any atom is 0.315 e. The number of hydrogen-bond donors (Lipinski definition) is 2. The van der Waals surface area contributed by atoms with Crippen LogP contribution in [0.3, 0.4) is 0 Å². The zero-order valence-corrected chi connectivity index (χ0v) is 8.43. The van der Waals surface area contributed by atoms with Crippen LogP contribution in [0.25, 0.3) is 0 Å². The van der Waals surface area contributed by atoms with Crippen molar-refractivity contribution < 1.29 is 9.90 Å². The van der Waals surface area contributed by atoms with Gasteiger partial charge in [-0.05, 0) is 18.6 Å². The molecule has 2 atom stereocenters. The Morgan fingerprint density at radius 1 is 1.69 bits per heavy atom. The van der Waals surface area contributed by atoms with Gasteiger partial charge in [-0.2, -0.15) is 0 Å². The summed E-state index contributed by atoms with van der Waals surface area (Å²) in [5.41, 5.74) is 6.24. The fourth-order valence-corrected chi connectivity index (χ4v) is 1.81. The van der Waals surface area contributed by atoms with Crippen LogP contribution in [0, 0.1) is 5.92 Å². The van der Waals surface area contributed by atoms with Crippen LogP contribution in [0.4, 0.5) is 0 Å². The number of alkyl halides is 1. The molecule has 0 radical (unpaired) electrons. The van der Waals surface area contributed by atoms with E-state index in [0.717, 1.165) is 0 Å². The minimum atomic E-state index is -1.42. The van der Waals surface area contributed by atoms with Crippen LogP contribution >= 0.6 is 23.2 Å². The number of aliphatic carboxylic acids is 1. The number of carbonyl (C=O) groups is 1. The molecule has 1 aliphatic carbocycles. The molecule has 0 amide bonds. The van der Waals surface area contributed by atoms with E-state index >= 15 is 0 Å². The largest absolute Gasteiger partial charge is 0.481 e. The number of nitrogens with two attached hydrogens (primary N) is 1. The Morgan fingerprint density at radius 2 is 2.23 bits per heavy atom. The number of allylic oxidation sites excluding steroid dienone is 2. The van der Waals surface area contributed by atoms with Gasteiger partial charge in [0.25, 0.3) is 0 Å². The quantitative estimate of drug-likeness (QED) is 0.523. The van der Waals surface area contributed by atoms with E-state index in [9.17, 15) is 4.79 Å². The summed E-state index contributed by atoms with van der Waals surface area (Å²) in [7, 11) is 0. The molecule has 3 nitrogen and oxygen atoms in total. The minimum Gasteiger partial charge on any atom is -0.481 e. The van der Waals surface area contributed by atoms with Crippen LogP contribution in [0.5, 0.6) is 0 Å². The second kappa shape index (κ2) is 3.33. The SMILES string of the molecule is CC1=CC=C(Cl)C(C(=O)O)C1(N)Cl. The van der Waals surface area contributed by atoms with E-state index < -0.39 is 16.9 Å². The molecule has 13 heavy (non-hydrogen) atoms. The number of carboxylic acids is 1. The Balaban J connectivity index is 3.15. The van der Waals surface area contributed by atoms with Gasteiger partial charge in [0.1, 0.15) is 10.9 Å². The Labute approximate surface area is 85.8 Å². The lowest BCUT2D eigenvalue weighted by molar-refractivity contribution is -0.141. The Kier molecular flexibility index (Phi) is 2.71. The topological polar surface area (TPSA) is 63.3 Å². The molecule has 0 bridgehead atoms. The van der Waals surface area contributed by atoms with Crippen molar-refractivity contribution in [3.63, 3.8) is 0 Å². The normalized spacial score (nSPS) is 33.7. The lowest BCUT2D eigenvalue weighted by atomic mass is 9.89. The highest BCUT2D eigenvalue weighted by Gasteiger charge is 2.43. The second-order valence-corrected chi connectivity index (χ2v) is 4.00. The lowest BCUT2D eigenvalue weighted by Gasteiger charge is -2.31. The number of hydrogen-bond acceptors (Lipinski definition) is 2. The Bertz CT molecular complexity index is 307. The average molecular weight is 222 g/mol. The van der Waals surface area contributed by atoms with E-state index in [2.05, 4.69) is 0 Å². The van der Waals surface area contributed by atoms with Gasteiger partial charge in [-0.3, -0.25) is 4.79 Å². The highest BCUT2D eigenvalue weighted by atomic mass is 35.5. The molecular weight excluding hydrogens is 213 g/mol. The van der Waals surface area contributed by atoms with Gasteiger partial charge in [0.05, 0.1) is 0 Å². The number of halogens is 2. The van der Waals surface area contributed by atoms with E-state index in [4.69, 9.17) is 34.0 Å². The van der Waals surface area contributed by atoms with Crippen LogP contribution < -0.4 is 5.73 Å². The molecule has 0 aromatic heterocycles. The third-order valence-electron chi connectivity index (χ3n) is 2.04. The third kappa shape index (κ3) is 1.73. The molecule has 0 saturated heterocycles. The first-order valence-corrected chi connectivity index (χ1v) is 4.38. The molecule has 0 aromatic rings. The van der Waals surface area contributed by atoms with Crippen molar-refractivity contribution >= 4 is 29.2 Å².